The van der Waals surface area contributed by atoms with E-state index >= 15 is 0 Å². The molecule has 1 aromatic carbocycles. The molecule has 0 bridgehead atoms. The Morgan fingerprint density at radius 3 is 2.78 bits per heavy atom. The van der Waals surface area contributed by atoms with Gasteiger partial charge in [0.15, 0.2) is 5.52 Å². The zero-order valence-corrected chi connectivity index (χ0v) is 16.2. The molecule has 1 aliphatic heterocycles. The number of imidazole rings is 1. The molecule has 0 spiro atoms. The number of carbonyl (C=O) groups is 1. The van der Waals surface area contributed by atoms with E-state index in [2.05, 4.69) is 9.97 Å². The molecular weight excluding hydrogens is 391 g/mol. The highest BCUT2D eigenvalue weighted by Gasteiger charge is 2.24. The van der Waals surface area contributed by atoms with Gasteiger partial charge in [0.2, 0.25) is 5.88 Å². The van der Waals surface area contributed by atoms with Crippen LogP contribution in [-0.2, 0) is 11.8 Å². The number of pyridine rings is 1. The molecule has 0 radical (unpaired) electrons. The number of amides is 1. The number of ether oxygens (including phenoxy) is 2. The Balaban J connectivity index is 0.00000210. The molecular formula is C18H18Cl2N4O3. The Bertz CT molecular complexity index is 970. The fourth-order valence-corrected chi connectivity index (χ4v) is 3.14. The minimum atomic E-state index is -0.0799. The van der Waals surface area contributed by atoms with Gasteiger partial charge in [0, 0.05) is 31.4 Å². The van der Waals surface area contributed by atoms with Crippen molar-refractivity contribution in [2.24, 2.45) is 7.05 Å². The average Bonchev–Trinajstić information content (AvgIpc) is 3.05. The monoisotopic (exact) mass is 408 g/mol. The minimum Gasteiger partial charge on any atom is -0.437 e. The SMILES string of the molecule is Cl.Cn1cnc2c(Oc3cccc(Cl)c3)ncc(C(=O)N3CCOCC3)c21. The summed E-state index contributed by atoms with van der Waals surface area (Å²) in [5.74, 6) is 0.814. The second-order valence-electron chi connectivity index (χ2n) is 5.99. The molecule has 1 saturated heterocycles. The molecule has 27 heavy (non-hydrogen) atoms. The Hall–Kier alpha value is -2.35. The van der Waals surface area contributed by atoms with Crippen LogP contribution in [0.5, 0.6) is 11.6 Å². The maximum Gasteiger partial charge on any atom is 0.257 e. The summed E-state index contributed by atoms with van der Waals surface area (Å²) in [6.07, 6.45) is 3.19. The quantitative estimate of drug-likeness (QED) is 0.664. The lowest BCUT2D eigenvalue weighted by molar-refractivity contribution is 0.0303. The molecule has 7 nitrogen and oxygen atoms in total. The zero-order valence-electron chi connectivity index (χ0n) is 14.6. The molecule has 4 rings (SSSR count). The molecule has 3 aromatic rings. The van der Waals surface area contributed by atoms with Crippen molar-refractivity contribution in [1.29, 1.82) is 0 Å². The number of benzene rings is 1. The number of aromatic nitrogens is 3. The number of halogens is 2. The second-order valence-corrected chi connectivity index (χ2v) is 6.43. The maximum atomic E-state index is 12.9. The van der Waals surface area contributed by atoms with Gasteiger partial charge < -0.3 is 18.9 Å². The Morgan fingerprint density at radius 1 is 1.26 bits per heavy atom. The highest BCUT2D eigenvalue weighted by Crippen LogP contribution is 2.30. The van der Waals surface area contributed by atoms with Crippen LogP contribution in [0.25, 0.3) is 11.0 Å². The minimum absolute atomic E-state index is 0. The summed E-state index contributed by atoms with van der Waals surface area (Å²) >= 11 is 6.01. The van der Waals surface area contributed by atoms with E-state index in [-0.39, 0.29) is 18.3 Å². The summed E-state index contributed by atoms with van der Waals surface area (Å²) < 4.78 is 13.0. The fraction of sp³-hybridized carbons (Fsp3) is 0.278. The van der Waals surface area contributed by atoms with Crippen LogP contribution < -0.4 is 4.74 Å². The van der Waals surface area contributed by atoms with Gasteiger partial charge in [-0.15, -0.1) is 12.4 Å². The van der Waals surface area contributed by atoms with Gasteiger partial charge in [0.1, 0.15) is 5.75 Å². The summed E-state index contributed by atoms with van der Waals surface area (Å²) in [5.41, 5.74) is 1.72. The number of carbonyl (C=O) groups excluding carboxylic acids is 1. The predicted molar refractivity (Wildman–Crippen MR) is 104 cm³/mol. The van der Waals surface area contributed by atoms with Gasteiger partial charge in [-0.25, -0.2) is 9.97 Å². The number of morpholine rings is 1. The van der Waals surface area contributed by atoms with Crippen molar-refractivity contribution < 1.29 is 14.3 Å². The number of rotatable bonds is 3. The number of aryl methyl sites for hydroxylation is 1. The van der Waals surface area contributed by atoms with Gasteiger partial charge in [0.05, 0.1) is 30.6 Å². The first-order valence-electron chi connectivity index (χ1n) is 8.24. The van der Waals surface area contributed by atoms with E-state index in [0.29, 0.717) is 59.6 Å². The molecule has 0 saturated carbocycles. The maximum absolute atomic E-state index is 12.9. The molecule has 0 unspecified atom stereocenters. The summed E-state index contributed by atoms with van der Waals surface area (Å²) in [6, 6.07) is 7.05. The largest absolute Gasteiger partial charge is 0.437 e. The van der Waals surface area contributed by atoms with Crippen molar-refractivity contribution in [2.75, 3.05) is 26.3 Å². The second kappa shape index (κ2) is 8.12. The molecule has 0 aliphatic carbocycles. The third kappa shape index (κ3) is 3.85. The molecule has 1 fully saturated rings. The van der Waals surface area contributed by atoms with E-state index in [9.17, 15) is 4.79 Å². The molecule has 1 aliphatic rings. The number of fused-ring (bicyclic) bond motifs is 1. The Labute approximate surface area is 167 Å². The first-order chi connectivity index (χ1) is 12.6. The number of hydrogen-bond acceptors (Lipinski definition) is 5. The standard InChI is InChI=1S/C18H17ClN4O3.ClH/c1-22-11-21-15-16(22)14(18(24)23-5-7-25-8-6-23)10-20-17(15)26-13-4-2-3-12(19)9-13;/h2-4,9-11H,5-8H2,1H3;1H. The van der Waals surface area contributed by atoms with E-state index in [1.54, 1.807) is 46.3 Å². The van der Waals surface area contributed by atoms with Crippen LogP contribution in [0, 0.1) is 0 Å². The third-order valence-electron chi connectivity index (χ3n) is 4.24. The molecule has 9 heteroatoms. The van der Waals surface area contributed by atoms with Gasteiger partial charge in [-0.2, -0.15) is 0 Å². The van der Waals surface area contributed by atoms with Crippen molar-refractivity contribution >= 4 is 40.9 Å². The summed E-state index contributed by atoms with van der Waals surface area (Å²) in [4.78, 5) is 23.4. The fourth-order valence-electron chi connectivity index (χ4n) is 2.96. The number of nitrogens with zero attached hydrogens (tertiary/aromatic N) is 4. The van der Waals surface area contributed by atoms with E-state index in [0.717, 1.165) is 0 Å². The van der Waals surface area contributed by atoms with Crippen LogP contribution in [-0.4, -0.2) is 51.6 Å². The first kappa shape index (κ1) is 19.4. The van der Waals surface area contributed by atoms with Crippen LogP contribution in [0.3, 0.4) is 0 Å². The highest BCUT2D eigenvalue weighted by atomic mass is 35.5. The third-order valence-corrected chi connectivity index (χ3v) is 4.48. The lowest BCUT2D eigenvalue weighted by Gasteiger charge is -2.27. The van der Waals surface area contributed by atoms with Crippen molar-refractivity contribution in [3.05, 3.63) is 47.4 Å². The van der Waals surface area contributed by atoms with Crippen molar-refractivity contribution in [1.82, 2.24) is 19.4 Å². The van der Waals surface area contributed by atoms with Crippen molar-refractivity contribution in [2.45, 2.75) is 0 Å². The van der Waals surface area contributed by atoms with Gasteiger partial charge in [-0.3, -0.25) is 4.79 Å². The van der Waals surface area contributed by atoms with Gasteiger partial charge in [-0.05, 0) is 18.2 Å². The van der Waals surface area contributed by atoms with Crippen LogP contribution >= 0.6 is 24.0 Å². The molecule has 2 aromatic heterocycles. The van der Waals surface area contributed by atoms with Gasteiger partial charge in [-0.1, -0.05) is 17.7 Å². The van der Waals surface area contributed by atoms with E-state index in [1.807, 2.05) is 7.05 Å². The highest BCUT2D eigenvalue weighted by molar-refractivity contribution is 6.30. The van der Waals surface area contributed by atoms with E-state index in [4.69, 9.17) is 21.1 Å². The van der Waals surface area contributed by atoms with Crippen LogP contribution in [0.15, 0.2) is 36.8 Å². The smallest absolute Gasteiger partial charge is 0.257 e. The molecule has 0 atom stereocenters. The Kier molecular flexibility index (Phi) is 5.84. The van der Waals surface area contributed by atoms with Crippen LogP contribution in [0.1, 0.15) is 10.4 Å². The van der Waals surface area contributed by atoms with Gasteiger partial charge in [0.25, 0.3) is 5.91 Å². The summed E-state index contributed by atoms with van der Waals surface area (Å²) in [5, 5.41) is 0.568. The molecule has 1 amide bonds. The first-order valence-corrected chi connectivity index (χ1v) is 8.62. The molecule has 142 valence electrons. The zero-order chi connectivity index (χ0) is 18.1. The molecule has 0 N–H and O–H groups in total. The van der Waals surface area contributed by atoms with Crippen LogP contribution in [0.2, 0.25) is 5.02 Å². The number of hydrogen-bond donors (Lipinski definition) is 0. The molecule has 3 heterocycles. The summed E-state index contributed by atoms with van der Waals surface area (Å²) in [7, 11) is 1.84. The lowest BCUT2D eigenvalue weighted by Crippen LogP contribution is -2.40. The van der Waals surface area contributed by atoms with Crippen LogP contribution in [0.4, 0.5) is 0 Å². The van der Waals surface area contributed by atoms with E-state index in [1.165, 1.54) is 0 Å². The topological polar surface area (TPSA) is 69.5 Å². The Morgan fingerprint density at radius 2 is 2.04 bits per heavy atom. The summed E-state index contributed by atoms with van der Waals surface area (Å²) in [6.45, 7) is 2.23. The average molecular weight is 409 g/mol. The van der Waals surface area contributed by atoms with E-state index < -0.39 is 0 Å². The normalized spacial score (nSPS) is 14.1. The van der Waals surface area contributed by atoms with Gasteiger partial charge >= 0.3 is 0 Å². The van der Waals surface area contributed by atoms with Crippen molar-refractivity contribution in [3.8, 4) is 11.6 Å². The lowest BCUT2D eigenvalue weighted by atomic mass is 10.2. The van der Waals surface area contributed by atoms with Crippen molar-refractivity contribution in [3.63, 3.8) is 0 Å². The predicted octanol–water partition coefficient (Wildman–Crippen LogP) is 3.31.